The van der Waals surface area contributed by atoms with E-state index in [4.69, 9.17) is 0 Å². The van der Waals surface area contributed by atoms with E-state index in [-0.39, 0.29) is 5.91 Å². The van der Waals surface area contributed by atoms with E-state index in [9.17, 15) is 4.79 Å². The number of pyridine rings is 1. The Kier molecular flexibility index (Phi) is 3.25. The molecule has 1 N–H and O–H groups in total. The molecule has 1 aliphatic rings. The molecule has 1 amide bonds. The molecule has 4 nitrogen and oxygen atoms in total. The number of fused-ring (bicyclic) bond motifs is 1. The second kappa shape index (κ2) is 5.05. The number of aromatic nitrogens is 1. The van der Waals surface area contributed by atoms with Gasteiger partial charge in [0.15, 0.2) is 0 Å². The first-order valence-electron chi connectivity index (χ1n) is 6.78. The molecule has 1 aliphatic heterocycles. The van der Waals surface area contributed by atoms with Crippen LogP contribution in [0.25, 0.3) is 5.52 Å². The van der Waals surface area contributed by atoms with Crippen LogP contribution in [0.3, 0.4) is 0 Å². The molecule has 4 heteroatoms. The predicted octanol–water partition coefficient (Wildman–Crippen LogP) is 1.62. The normalized spacial score (nSPS) is 19.2. The SMILES string of the molecule is CNC[C@H]1CCN(C(=O)c2cc3ccccn3c2)C1. The maximum Gasteiger partial charge on any atom is 0.255 e. The molecule has 1 saturated heterocycles. The summed E-state index contributed by atoms with van der Waals surface area (Å²) in [4.78, 5) is 14.4. The molecule has 3 heterocycles. The molecule has 0 saturated carbocycles. The fourth-order valence-electron chi connectivity index (χ4n) is 2.83. The summed E-state index contributed by atoms with van der Waals surface area (Å²) in [6.07, 6.45) is 4.99. The van der Waals surface area contributed by atoms with Gasteiger partial charge in [0.2, 0.25) is 0 Å². The van der Waals surface area contributed by atoms with Crippen LogP contribution < -0.4 is 5.32 Å². The third-order valence-corrected chi connectivity index (χ3v) is 3.82. The Bertz CT molecular complexity index is 557. The van der Waals surface area contributed by atoms with Crippen LogP contribution in [0.2, 0.25) is 0 Å². The van der Waals surface area contributed by atoms with E-state index in [0.29, 0.717) is 5.92 Å². The Hall–Kier alpha value is -1.81. The Balaban J connectivity index is 1.77. The molecule has 0 aromatic carbocycles. The molecule has 0 radical (unpaired) electrons. The van der Waals surface area contributed by atoms with Crippen LogP contribution in [0.4, 0.5) is 0 Å². The fraction of sp³-hybridized carbons (Fsp3) is 0.400. The van der Waals surface area contributed by atoms with Crippen LogP contribution >= 0.6 is 0 Å². The third kappa shape index (κ3) is 2.36. The Labute approximate surface area is 113 Å². The number of hydrogen-bond acceptors (Lipinski definition) is 2. The van der Waals surface area contributed by atoms with Gasteiger partial charge in [-0.3, -0.25) is 4.79 Å². The lowest BCUT2D eigenvalue weighted by Crippen LogP contribution is -2.30. The highest BCUT2D eigenvalue weighted by Crippen LogP contribution is 2.19. The zero-order valence-electron chi connectivity index (χ0n) is 11.2. The number of amides is 1. The molecular formula is C15H19N3O. The summed E-state index contributed by atoms with van der Waals surface area (Å²) in [5.74, 6) is 0.744. The topological polar surface area (TPSA) is 36.8 Å². The van der Waals surface area contributed by atoms with Crippen molar-refractivity contribution in [2.24, 2.45) is 5.92 Å². The van der Waals surface area contributed by atoms with Crippen molar-refractivity contribution in [3.63, 3.8) is 0 Å². The average molecular weight is 257 g/mol. The van der Waals surface area contributed by atoms with E-state index < -0.39 is 0 Å². The maximum atomic E-state index is 12.5. The Morgan fingerprint density at radius 1 is 1.47 bits per heavy atom. The quantitative estimate of drug-likeness (QED) is 0.907. The predicted molar refractivity (Wildman–Crippen MR) is 75.3 cm³/mol. The van der Waals surface area contributed by atoms with Gasteiger partial charge in [-0.2, -0.15) is 0 Å². The van der Waals surface area contributed by atoms with E-state index >= 15 is 0 Å². The van der Waals surface area contributed by atoms with Crippen molar-refractivity contribution < 1.29 is 4.79 Å². The van der Waals surface area contributed by atoms with Crippen molar-refractivity contribution in [1.29, 1.82) is 0 Å². The fourth-order valence-corrected chi connectivity index (χ4v) is 2.83. The summed E-state index contributed by atoms with van der Waals surface area (Å²) < 4.78 is 1.99. The summed E-state index contributed by atoms with van der Waals surface area (Å²) in [6.45, 7) is 2.73. The van der Waals surface area contributed by atoms with E-state index in [1.165, 1.54) is 0 Å². The van der Waals surface area contributed by atoms with Gasteiger partial charge in [0.1, 0.15) is 0 Å². The number of rotatable bonds is 3. The number of carbonyl (C=O) groups excluding carboxylic acids is 1. The van der Waals surface area contributed by atoms with Gasteiger partial charge >= 0.3 is 0 Å². The second-order valence-electron chi connectivity index (χ2n) is 5.23. The minimum atomic E-state index is 0.155. The average Bonchev–Trinajstić information content (AvgIpc) is 3.04. The first-order chi connectivity index (χ1) is 9.28. The molecule has 2 aromatic heterocycles. The number of carbonyl (C=O) groups is 1. The van der Waals surface area contributed by atoms with Gasteiger partial charge in [0, 0.05) is 31.0 Å². The summed E-state index contributed by atoms with van der Waals surface area (Å²) >= 11 is 0. The third-order valence-electron chi connectivity index (χ3n) is 3.82. The minimum Gasteiger partial charge on any atom is -0.338 e. The van der Waals surface area contributed by atoms with Crippen molar-refractivity contribution in [1.82, 2.24) is 14.6 Å². The molecule has 100 valence electrons. The lowest BCUT2D eigenvalue weighted by molar-refractivity contribution is 0.0787. The summed E-state index contributed by atoms with van der Waals surface area (Å²) in [7, 11) is 1.96. The van der Waals surface area contributed by atoms with Crippen molar-refractivity contribution >= 4 is 11.4 Å². The van der Waals surface area contributed by atoms with E-state index in [2.05, 4.69) is 5.32 Å². The minimum absolute atomic E-state index is 0.155. The number of nitrogens with zero attached hydrogens (tertiary/aromatic N) is 2. The van der Waals surface area contributed by atoms with Gasteiger partial charge in [0.05, 0.1) is 5.56 Å². The van der Waals surface area contributed by atoms with Gasteiger partial charge in [-0.05, 0) is 44.1 Å². The molecule has 1 atom stereocenters. The molecule has 0 aliphatic carbocycles. The monoisotopic (exact) mass is 257 g/mol. The second-order valence-corrected chi connectivity index (χ2v) is 5.23. The molecule has 0 unspecified atom stereocenters. The first kappa shape index (κ1) is 12.2. The van der Waals surface area contributed by atoms with Crippen molar-refractivity contribution in [2.75, 3.05) is 26.7 Å². The first-order valence-corrected chi connectivity index (χ1v) is 6.78. The lowest BCUT2D eigenvalue weighted by Gasteiger charge is -2.15. The zero-order chi connectivity index (χ0) is 13.2. The molecule has 3 rings (SSSR count). The molecule has 0 spiro atoms. The standard InChI is InChI=1S/C15H19N3O/c1-16-9-12-5-7-18(10-12)15(19)13-8-14-4-2-3-6-17(14)11-13/h2-4,6,8,11-12,16H,5,7,9-10H2,1H3/t12-/m1/s1. The number of hydrogen-bond donors (Lipinski definition) is 1. The highest BCUT2D eigenvalue weighted by atomic mass is 16.2. The molecule has 0 bridgehead atoms. The van der Waals surface area contributed by atoms with Gasteiger partial charge in [-0.25, -0.2) is 0 Å². The van der Waals surface area contributed by atoms with Gasteiger partial charge < -0.3 is 14.6 Å². The van der Waals surface area contributed by atoms with Crippen LogP contribution in [-0.2, 0) is 0 Å². The molecular weight excluding hydrogens is 238 g/mol. The van der Waals surface area contributed by atoms with Crippen LogP contribution in [0.5, 0.6) is 0 Å². The van der Waals surface area contributed by atoms with Crippen molar-refractivity contribution in [3.05, 3.63) is 42.2 Å². The van der Waals surface area contributed by atoms with Crippen molar-refractivity contribution in [2.45, 2.75) is 6.42 Å². The van der Waals surface area contributed by atoms with Gasteiger partial charge in [-0.1, -0.05) is 6.07 Å². The summed E-state index contributed by atoms with van der Waals surface area (Å²) in [5, 5.41) is 3.19. The summed E-state index contributed by atoms with van der Waals surface area (Å²) in [5.41, 5.74) is 1.85. The van der Waals surface area contributed by atoms with Crippen LogP contribution in [-0.4, -0.2) is 41.9 Å². The molecule has 1 fully saturated rings. The highest BCUT2D eigenvalue weighted by molar-refractivity contribution is 5.95. The molecule has 19 heavy (non-hydrogen) atoms. The Morgan fingerprint density at radius 2 is 2.37 bits per heavy atom. The van der Waals surface area contributed by atoms with E-state index in [1.54, 1.807) is 0 Å². The highest BCUT2D eigenvalue weighted by Gasteiger charge is 2.26. The zero-order valence-corrected chi connectivity index (χ0v) is 11.2. The van der Waals surface area contributed by atoms with E-state index in [1.807, 2.05) is 53.0 Å². The number of nitrogens with one attached hydrogen (secondary N) is 1. The van der Waals surface area contributed by atoms with E-state index in [0.717, 1.165) is 37.1 Å². The maximum absolute atomic E-state index is 12.5. The van der Waals surface area contributed by atoms with Crippen LogP contribution in [0, 0.1) is 5.92 Å². The summed E-state index contributed by atoms with van der Waals surface area (Å²) in [6, 6.07) is 7.95. The Morgan fingerprint density at radius 3 is 3.16 bits per heavy atom. The smallest absolute Gasteiger partial charge is 0.255 e. The van der Waals surface area contributed by atoms with Crippen LogP contribution in [0.15, 0.2) is 36.7 Å². The lowest BCUT2D eigenvalue weighted by atomic mass is 10.1. The van der Waals surface area contributed by atoms with Crippen LogP contribution in [0.1, 0.15) is 16.8 Å². The van der Waals surface area contributed by atoms with Crippen molar-refractivity contribution in [3.8, 4) is 0 Å². The van der Waals surface area contributed by atoms with Gasteiger partial charge in [0.25, 0.3) is 5.91 Å². The van der Waals surface area contributed by atoms with Gasteiger partial charge in [-0.15, -0.1) is 0 Å². The largest absolute Gasteiger partial charge is 0.338 e. The number of likely N-dealkylation sites (tertiary alicyclic amines) is 1. The molecule has 2 aromatic rings.